The average Bonchev–Trinajstić information content (AvgIpc) is 3.30. The van der Waals surface area contributed by atoms with E-state index in [9.17, 15) is 26.0 Å². The van der Waals surface area contributed by atoms with Crippen LogP contribution >= 0.6 is 0 Å². The lowest BCUT2D eigenvalue weighted by atomic mass is 10.2. The predicted molar refractivity (Wildman–Crippen MR) is 122 cm³/mol. The highest BCUT2D eigenvalue weighted by Gasteiger charge is 2.39. The maximum atomic E-state index is 13.2. The van der Waals surface area contributed by atoms with Crippen LogP contribution in [0.3, 0.4) is 0 Å². The van der Waals surface area contributed by atoms with E-state index in [0.717, 1.165) is 16.4 Å². The van der Waals surface area contributed by atoms with Crippen molar-refractivity contribution in [3.8, 4) is 0 Å². The zero-order chi connectivity index (χ0) is 24.2. The number of halogens is 1. The minimum atomic E-state index is -3.93. The second kappa shape index (κ2) is 10.3. The Balaban J connectivity index is 1.67. The number of benzene rings is 2. The number of carbonyl (C=O) groups excluding carboxylic acids is 1. The molecule has 180 valence electrons. The molecule has 0 spiro atoms. The van der Waals surface area contributed by atoms with Gasteiger partial charge < -0.3 is 5.32 Å². The highest BCUT2D eigenvalue weighted by Crippen LogP contribution is 2.26. The number of nitrogens with one attached hydrogen (secondary N) is 1. The molecule has 2 aromatic rings. The molecule has 1 aliphatic heterocycles. The molecule has 1 aliphatic rings. The summed E-state index contributed by atoms with van der Waals surface area (Å²) in [5.74, 6) is -0.974. The van der Waals surface area contributed by atoms with Crippen molar-refractivity contribution in [2.45, 2.75) is 49.1 Å². The van der Waals surface area contributed by atoms with Crippen LogP contribution in [0.2, 0.25) is 0 Å². The summed E-state index contributed by atoms with van der Waals surface area (Å²) in [7, 11) is -7.50. The normalized spacial score (nSPS) is 17.4. The van der Waals surface area contributed by atoms with E-state index in [1.165, 1.54) is 28.6 Å². The molecule has 0 aliphatic carbocycles. The van der Waals surface area contributed by atoms with Gasteiger partial charge in [0.1, 0.15) is 11.9 Å². The molecule has 8 nitrogen and oxygen atoms in total. The molecule has 33 heavy (non-hydrogen) atoms. The summed E-state index contributed by atoms with van der Waals surface area (Å²) in [6.45, 7) is 4.62. The second-order valence-corrected chi connectivity index (χ2v) is 11.5. The Morgan fingerprint density at radius 2 is 1.58 bits per heavy atom. The van der Waals surface area contributed by atoms with Crippen LogP contribution in [-0.2, 0) is 31.4 Å². The monoisotopic (exact) mass is 497 g/mol. The first-order valence-corrected chi connectivity index (χ1v) is 13.6. The van der Waals surface area contributed by atoms with E-state index in [0.29, 0.717) is 31.5 Å². The average molecular weight is 498 g/mol. The molecule has 0 bridgehead atoms. The molecular formula is C22H28FN3O5S2. The highest BCUT2D eigenvalue weighted by molar-refractivity contribution is 7.89. The number of amides is 1. The van der Waals surface area contributed by atoms with Crippen molar-refractivity contribution in [1.82, 2.24) is 13.9 Å². The van der Waals surface area contributed by atoms with Gasteiger partial charge in [-0.15, -0.1) is 0 Å². The van der Waals surface area contributed by atoms with E-state index in [-0.39, 0.29) is 22.9 Å². The lowest BCUT2D eigenvalue weighted by Gasteiger charge is -2.23. The molecule has 0 radical (unpaired) electrons. The van der Waals surface area contributed by atoms with E-state index >= 15 is 0 Å². The largest absolute Gasteiger partial charge is 0.351 e. The second-order valence-electron chi connectivity index (χ2n) is 7.68. The molecule has 0 saturated carbocycles. The van der Waals surface area contributed by atoms with Crippen molar-refractivity contribution >= 4 is 26.0 Å². The number of hydrogen-bond acceptors (Lipinski definition) is 5. The molecular weight excluding hydrogens is 469 g/mol. The first-order valence-electron chi connectivity index (χ1n) is 10.8. The van der Waals surface area contributed by atoms with Gasteiger partial charge in [-0.25, -0.2) is 21.2 Å². The molecule has 1 atom stereocenters. The minimum absolute atomic E-state index is 0.0615. The maximum absolute atomic E-state index is 13.2. The van der Waals surface area contributed by atoms with Crippen molar-refractivity contribution in [3.63, 3.8) is 0 Å². The Hall–Kier alpha value is -2.34. The van der Waals surface area contributed by atoms with Crippen LogP contribution in [0.1, 0.15) is 32.3 Å². The minimum Gasteiger partial charge on any atom is -0.351 e. The number of nitrogens with zero attached hydrogens (tertiary/aromatic N) is 2. The van der Waals surface area contributed by atoms with Gasteiger partial charge in [0.25, 0.3) is 0 Å². The van der Waals surface area contributed by atoms with Gasteiger partial charge in [0.05, 0.1) is 9.79 Å². The Kier molecular flexibility index (Phi) is 7.88. The van der Waals surface area contributed by atoms with E-state index in [2.05, 4.69) is 5.32 Å². The molecule has 1 N–H and O–H groups in total. The summed E-state index contributed by atoms with van der Waals surface area (Å²) in [6.07, 6.45) is 0.920. The van der Waals surface area contributed by atoms with Crippen molar-refractivity contribution in [2.24, 2.45) is 0 Å². The Morgan fingerprint density at radius 3 is 2.15 bits per heavy atom. The van der Waals surface area contributed by atoms with Gasteiger partial charge >= 0.3 is 0 Å². The third-order valence-electron chi connectivity index (χ3n) is 5.66. The van der Waals surface area contributed by atoms with Crippen LogP contribution in [0, 0.1) is 5.82 Å². The Morgan fingerprint density at radius 1 is 1.00 bits per heavy atom. The van der Waals surface area contributed by atoms with E-state index in [1.807, 2.05) is 0 Å². The SMILES string of the molecule is CCN(CC)S(=O)(=O)c1ccc(CNC(=O)C2CCCN2S(=O)(=O)c2ccc(F)cc2)cc1. The molecule has 3 rings (SSSR count). The molecule has 1 heterocycles. The summed E-state index contributed by atoms with van der Waals surface area (Å²) < 4.78 is 66.7. The quantitative estimate of drug-likeness (QED) is 0.573. The maximum Gasteiger partial charge on any atom is 0.243 e. The van der Waals surface area contributed by atoms with Crippen molar-refractivity contribution in [1.29, 1.82) is 0 Å². The number of sulfonamides is 2. The van der Waals surface area contributed by atoms with Crippen LogP contribution in [0.25, 0.3) is 0 Å². The zero-order valence-electron chi connectivity index (χ0n) is 18.6. The fraction of sp³-hybridized carbons (Fsp3) is 0.409. The third-order valence-corrected chi connectivity index (χ3v) is 9.65. The van der Waals surface area contributed by atoms with Crippen molar-refractivity contribution < 1.29 is 26.0 Å². The summed E-state index contributed by atoms with van der Waals surface area (Å²) in [5.41, 5.74) is 0.688. The van der Waals surface area contributed by atoms with Crippen LogP contribution in [0.15, 0.2) is 58.3 Å². The summed E-state index contributed by atoms with van der Waals surface area (Å²) in [6, 6.07) is 9.90. The van der Waals surface area contributed by atoms with Crippen LogP contribution in [0.4, 0.5) is 4.39 Å². The number of carbonyl (C=O) groups is 1. The summed E-state index contributed by atoms with van der Waals surface area (Å²) >= 11 is 0. The topological polar surface area (TPSA) is 104 Å². The van der Waals surface area contributed by atoms with Crippen molar-refractivity contribution in [2.75, 3.05) is 19.6 Å². The molecule has 1 amide bonds. The smallest absolute Gasteiger partial charge is 0.243 e. The van der Waals surface area contributed by atoms with Gasteiger partial charge in [-0.2, -0.15) is 8.61 Å². The highest BCUT2D eigenvalue weighted by atomic mass is 32.2. The van der Waals surface area contributed by atoms with Gasteiger partial charge in [0.2, 0.25) is 26.0 Å². The lowest BCUT2D eigenvalue weighted by molar-refractivity contribution is -0.124. The fourth-order valence-corrected chi connectivity index (χ4v) is 6.95. The first kappa shape index (κ1) is 25.3. The Bertz CT molecular complexity index is 1180. The molecule has 2 aromatic carbocycles. The summed E-state index contributed by atoms with van der Waals surface area (Å²) in [5, 5.41) is 2.74. The zero-order valence-corrected chi connectivity index (χ0v) is 20.2. The molecule has 0 aromatic heterocycles. The van der Waals surface area contributed by atoms with Crippen LogP contribution in [-0.4, -0.2) is 57.0 Å². The van der Waals surface area contributed by atoms with Gasteiger partial charge in [-0.3, -0.25) is 4.79 Å². The standard InChI is InChI=1S/C22H28FN3O5S2/c1-3-25(4-2)32(28,29)19-11-7-17(8-12-19)16-24-22(27)21-6-5-15-26(21)33(30,31)20-13-9-18(23)10-14-20/h7-14,21H,3-6,15-16H2,1-2H3,(H,24,27). The van der Waals surface area contributed by atoms with Gasteiger partial charge in [0.15, 0.2) is 0 Å². The lowest BCUT2D eigenvalue weighted by Crippen LogP contribution is -2.45. The fourth-order valence-electron chi connectivity index (χ4n) is 3.83. The molecule has 1 unspecified atom stereocenters. The third kappa shape index (κ3) is 5.43. The van der Waals surface area contributed by atoms with E-state index in [1.54, 1.807) is 26.0 Å². The van der Waals surface area contributed by atoms with E-state index in [4.69, 9.17) is 0 Å². The predicted octanol–water partition coefficient (Wildman–Crippen LogP) is 2.33. The van der Waals surface area contributed by atoms with E-state index < -0.39 is 37.8 Å². The van der Waals surface area contributed by atoms with Gasteiger partial charge in [0, 0.05) is 26.2 Å². The van der Waals surface area contributed by atoms with Gasteiger partial charge in [-0.05, 0) is 54.8 Å². The van der Waals surface area contributed by atoms with Crippen molar-refractivity contribution in [3.05, 3.63) is 59.9 Å². The van der Waals surface area contributed by atoms with Crippen LogP contribution in [0.5, 0.6) is 0 Å². The number of rotatable bonds is 9. The number of hydrogen-bond donors (Lipinski definition) is 1. The summed E-state index contributed by atoms with van der Waals surface area (Å²) in [4.78, 5) is 12.9. The first-order chi connectivity index (χ1) is 15.6. The molecule has 1 saturated heterocycles. The van der Waals surface area contributed by atoms with Gasteiger partial charge in [-0.1, -0.05) is 26.0 Å². The van der Waals surface area contributed by atoms with Crippen LogP contribution < -0.4 is 5.32 Å². The Labute approximate surface area is 194 Å². The molecule has 1 fully saturated rings. The molecule has 11 heteroatoms.